The minimum atomic E-state index is -3.56. The number of aromatic nitrogens is 1. The summed E-state index contributed by atoms with van der Waals surface area (Å²) >= 11 is 0. The van der Waals surface area contributed by atoms with Crippen molar-refractivity contribution in [2.24, 2.45) is 5.92 Å². The monoisotopic (exact) mass is 452 g/mol. The lowest BCUT2D eigenvalue weighted by Gasteiger charge is -2.29. The van der Waals surface area contributed by atoms with Gasteiger partial charge in [-0.15, -0.1) is 0 Å². The first-order valence-corrected chi connectivity index (χ1v) is 11.8. The first kappa shape index (κ1) is 21.9. The van der Waals surface area contributed by atoms with E-state index in [1.807, 2.05) is 6.07 Å². The summed E-state index contributed by atoms with van der Waals surface area (Å²) in [5, 5.41) is 12.3. The fraction of sp³-hybridized carbons (Fsp3) is 0.304. The molecule has 166 valence electrons. The molecule has 3 heterocycles. The Balaban J connectivity index is 1.53. The molecule has 1 saturated heterocycles. The summed E-state index contributed by atoms with van der Waals surface area (Å²) in [5.41, 5.74) is 0.707. The van der Waals surface area contributed by atoms with Crippen molar-refractivity contribution in [3.8, 4) is 12.0 Å². The molecule has 1 amide bonds. The summed E-state index contributed by atoms with van der Waals surface area (Å²) in [6.45, 7) is 4.78. The molecule has 0 radical (unpaired) electrons. The molecule has 1 N–H and O–H groups in total. The van der Waals surface area contributed by atoms with Gasteiger partial charge in [0.15, 0.2) is 0 Å². The largest absolute Gasteiger partial charge is 0.443 e. The van der Waals surface area contributed by atoms with Crippen LogP contribution in [0.4, 0.5) is 5.69 Å². The number of hydrogen-bond acceptors (Lipinski definition) is 5. The number of rotatable bonds is 5. The van der Waals surface area contributed by atoms with Crippen LogP contribution in [0.25, 0.3) is 5.88 Å². The fourth-order valence-electron chi connectivity index (χ4n) is 3.84. The van der Waals surface area contributed by atoms with Crippen molar-refractivity contribution >= 4 is 21.6 Å². The van der Waals surface area contributed by atoms with E-state index in [-0.39, 0.29) is 21.9 Å². The van der Waals surface area contributed by atoms with Gasteiger partial charge in [0.2, 0.25) is 15.9 Å². The van der Waals surface area contributed by atoms with Crippen LogP contribution in [-0.2, 0) is 10.0 Å². The van der Waals surface area contributed by atoms with Crippen LogP contribution in [0.3, 0.4) is 0 Å². The third-order valence-corrected chi connectivity index (χ3v) is 7.65. The molecule has 2 aromatic heterocycles. The Hall–Kier alpha value is -3.35. The molecule has 0 atom stereocenters. The van der Waals surface area contributed by atoms with Crippen molar-refractivity contribution < 1.29 is 17.6 Å². The zero-order chi connectivity index (χ0) is 22.9. The lowest BCUT2D eigenvalue weighted by molar-refractivity contribution is 0.102. The molecule has 0 unspecified atom stereocenters. The van der Waals surface area contributed by atoms with Crippen LogP contribution >= 0.6 is 0 Å². The molecule has 9 heteroatoms. The van der Waals surface area contributed by atoms with Crippen LogP contribution in [0.5, 0.6) is 0 Å². The number of hydrogen-bond donors (Lipinski definition) is 1. The third-order valence-electron chi connectivity index (χ3n) is 5.74. The van der Waals surface area contributed by atoms with Crippen LogP contribution < -0.4 is 5.32 Å². The van der Waals surface area contributed by atoms with E-state index >= 15 is 0 Å². The summed E-state index contributed by atoms with van der Waals surface area (Å²) < 4.78 is 34.6. The highest BCUT2D eigenvalue weighted by Crippen LogP contribution is 2.27. The minimum Gasteiger partial charge on any atom is -0.443 e. The van der Waals surface area contributed by atoms with Gasteiger partial charge in [0.25, 0.3) is 5.91 Å². The quantitative estimate of drug-likeness (QED) is 0.631. The number of piperidine rings is 1. The number of amides is 1. The Morgan fingerprint density at radius 3 is 2.38 bits per heavy atom. The first-order chi connectivity index (χ1) is 15.3. The van der Waals surface area contributed by atoms with Crippen molar-refractivity contribution in [2.45, 2.75) is 31.6 Å². The number of nitriles is 1. The number of nitrogens with zero attached hydrogens (tertiary/aromatic N) is 3. The minimum absolute atomic E-state index is 0.134. The third kappa shape index (κ3) is 4.07. The maximum Gasteiger partial charge on any atom is 0.260 e. The number of anilines is 1. The first-order valence-electron chi connectivity index (χ1n) is 10.4. The Bertz CT molecular complexity index is 1260. The molecule has 32 heavy (non-hydrogen) atoms. The number of furan rings is 1. The van der Waals surface area contributed by atoms with Crippen molar-refractivity contribution in [3.05, 3.63) is 65.7 Å². The number of carbonyl (C=O) groups excluding carboxylic acids is 1. The zero-order valence-electron chi connectivity index (χ0n) is 17.9. The number of carbonyl (C=O) groups is 1. The molecule has 3 aromatic rings. The van der Waals surface area contributed by atoms with Crippen molar-refractivity contribution in [1.82, 2.24) is 8.87 Å². The normalized spacial score (nSPS) is 15.4. The lowest BCUT2D eigenvalue weighted by Crippen LogP contribution is -2.37. The summed E-state index contributed by atoms with van der Waals surface area (Å²) in [6.07, 6.45) is 5.15. The highest BCUT2D eigenvalue weighted by atomic mass is 32.2. The molecule has 1 aliphatic heterocycles. The molecule has 0 saturated carbocycles. The molecule has 1 aromatic carbocycles. The van der Waals surface area contributed by atoms with E-state index in [4.69, 9.17) is 4.42 Å². The fourth-order valence-corrected chi connectivity index (χ4v) is 5.31. The second-order valence-electron chi connectivity index (χ2n) is 7.98. The summed E-state index contributed by atoms with van der Waals surface area (Å²) in [6, 6.07) is 11.7. The molecule has 0 aliphatic carbocycles. The van der Waals surface area contributed by atoms with Crippen LogP contribution in [0.15, 0.2) is 58.1 Å². The molecule has 0 bridgehead atoms. The van der Waals surface area contributed by atoms with E-state index in [9.17, 15) is 18.5 Å². The topological polar surface area (TPSA) is 108 Å². The van der Waals surface area contributed by atoms with Crippen molar-refractivity contribution in [3.63, 3.8) is 0 Å². The highest BCUT2D eigenvalue weighted by molar-refractivity contribution is 7.89. The van der Waals surface area contributed by atoms with Gasteiger partial charge in [-0.3, -0.25) is 9.36 Å². The van der Waals surface area contributed by atoms with Gasteiger partial charge in [-0.05, 0) is 62.1 Å². The van der Waals surface area contributed by atoms with Crippen LogP contribution in [-0.4, -0.2) is 36.3 Å². The number of aryl methyl sites for hydroxylation is 1. The van der Waals surface area contributed by atoms with Gasteiger partial charge in [-0.25, -0.2) is 8.42 Å². The Morgan fingerprint density at radius 2 is 1.78 bits per heavy atom. The van der Waals surface area contributed by atoms with Gasteiger partial charge in [0.05, 0.1) is 4.90 Å². The van der Waals surface area contributed by atoms with E-state index < -0.39 is 15.9 Å². The van der Waals surface area contributed by atoms with Crippen molar-refractivity contribution in [2.75, 3.05) is 18.4 Å². The molecule has 1 fully saturated rings. The van der Waals surface area contributed by atoms with Gasteiger partial charge in [0.1, 0.15) is 23.0 Å². The van der Waals surface area contributed by atoms with E-state index in [1.54, 1.807) is 48.1 Å². The Kier molecular flexibility index (Phi) is 5.91. The molecule has 0 spiro atoms. The van der Waals surface area contributed by atoms with E-state index in [0.717, 1.165) is 12.8 Å². The van der Waals surface area contributed by atoms with Crippen LogP contribution in [0.1, 0.15) is 41.4 Å². The van der Waals surface area contributed by atoms with Crippen LogP contribution in [0.2, 0.25) is 0 Å². The van der Waals surface area contributed by atoms with Gasteiger partial charge >= 0.3 is 0 Å². The van der Waals surface area contributed by atoms with Crippen molar-refractivity contribution in [1.29, 1.82) is 5.26 Å². The second-order valence-corrected chi connectivity index (χ2v) is 9.92. The number of nitrogens with one attached hydrogen (secondary N) is 1. The average Bonchev–Trinajstić information content (AvgIpc) is 3.41. The van der Waals surface area contributed by atoms with E-state index in [1.165, 1.54) is 16.4 Å². The predicted molar refractivity (Wildman–Crippen MR) is 119 cm³/mol. The Morgan fingerprint density at radius 1 is 1.16 bits per heavy atom. The maximum atomic E-state index is 12.9. The molecule has 4 rings (SSSR count). The summed E-state index contributed by atoms with van der Waals surface area (Å²) in [7, 11) is -3.56. The second kappa shape index (κ2) is 8.65. The van der Waals surface area contributed by atoms with Gasteiger partial charge < -0.3 is 9.73 Å². The summed E-state index contributed by atoms with van der Waals surface area (Å²) in [4.78, 5) is 13.1. The maximum absolute atomic E-state index is 12.9. The smallest absolute Gasteiger partial charge is 0.260 e. The lowest BCUT2D eigenvalue weighted by atomic mass is 10.0. The van der Waals surface area contributed by atoms with Gasteiger partial charge in [-0.2, -0.15) is 9.57 Å². The van der Waals surface area contributed by atoms with E-state index in [0.29, 0.717) is 30.5 Å². The molecular formula is C23H24N4O4S. The zero-order valence-corrected chi connectivity index (χ0v) is 18.7. The molecular weight excluding hydrogens is 428 g/mol. The van der Waals surface area contributed by atoms with Crippen LogP contribution in [0, 0.1) is 24.2 Å². The molecule has 1 aliphatic rings. The average molecular weight is 453 g/mol. The SMILES string of the molecule is Cc1oc(-n2cccc2)c(C#N)c1C(=O)Nc1ccc(S(=O)(=O)N2CCC(C)CC2)cc1. The molecule has 8 nitrogen and oxygen atoms in total. The number of sulfonamides is 1. The standard InChI is InChI=1S/C23H24N4O4S/c1-16-9-13-27(14-10-16)32(29,30)19-7-5-18(6-8-19)25-22(28)21-17(2)31-23(20(21)15-24)26-11-3-4-12-26/h3-8,11-12,16H,9-10,13-14H2,1-2H3,(H,25,28). The Labute approximate surface area is 187 Å². The number of benzene rings is 1. The van der Waals surface area contributed by atoms with Gasteiger partial charge in [0, 0.05) is 31.2 Å². The van der Waals surface area contributed by atoms with E-state index in [2.05, 4.69) is 12.2 Å². The highest BCUT2D eigenvalue weighted by Gasteiger charge is 2.28. The van der Waals surface area contributed by atoms with Gasteiger partial charge in [-0.1, -0.05) is 6.92 Å². The predicted octanol–water partition coefficient (Wildman–Crippen LogP) is 3.92. The summed E-state index contributed by atoms with van der Waals surface area (Å²) in [5.74, 6) is 0.627.